The zero-order chi connectivity index (χ0) is 43.0. The molecule has 0 fully saturated rings. The molecule has 3 nitrogen and oxygen atoms in total. The topological polar surface area (TPSA) is 21.1 Å². The Morgan fingerprint density at radius 1 is 0.443 bits per heavy atom. The van der Waals surface area contributed by atoms with Crippen molar-refractivity contribution in [2.24, 2.45) is 0 Å². The van der Waals surface area contributed by atoms with Gasteiger partial charge in [-0.25, -0.2) is 0 Å². The minimum absolute atomic E-state index is 0.0140. The molecule has 0 saturated carbocycles. The molecule has 304 valence electrons. The zero-order valence-electron chi connectivity index (χ0n) is 38.1. The van der Waals surface area contributed by atoms with Gasteiger partial charge in [0.05, 0.1) is 11.2 Å². The van der Waals surface area contributed by atoms with Crippen LogP contribution in [-0.2, 0) is 21.7 Å². The minimum atomic E-state index is -0.0445. The van der Waals surface area contributed by atoms with Crippen molar-refractivity contribution in [1.82, 2.24) is 9.55 Å². The number of hydrogen-bond acceptors (Lipinski definition) is 2. The molecule has 2 aliphatic rings. The molecule has 0 spiro atoms. The molecule has 0 radical (unpaired) electrons. The van der Waals surface area contributed by atoms with Gasteiger partial charge in [-0.3, -0.25) is 4.98 Å². The lowest BCUT2D eigenvalue weighted by Gasteiger charge is -2.41. The number of fused-ring (bicyclic) bond motifs is 7. The van der Waals surface area contributed by atoms with E-state index in [0.29, 0.717) is 0 Å². The Balaban J connectivity index is 1.37. The van der Waals surface area contributed by atoms with Crippen LogP contribution in [0.3, 0.4) is 0 Å². The first-order valence-electron chi connectivity index (χ1n) is 22.2. The van der Waals surface area contributed by atoms with Crippen LogP contribution in [0.1, 0.15) is 105 Å². The quantitative estimate of drug-likeness (QED) is 0.166. The van der Waals surface area contributed by atoms with Gasteiger partial charge in [-0.1, -0.05) is 150 Å². The highest BCUT2D eigenvalue weighted by atomic mass is 15.2. The van der Waals surface area contributed by atoms with E-state index >= 15 is 0 Å². The molecule has 0 unspecified atom stereocenters. The second-order valence-corrected chi connectivity index (χ2v) is 21.8. The van der Waals surface area contributed by atoms with Crippen molar-refractivity contribution in [2.45, 2.75) is 105 Å². The number of benzene rings is 6. The standard InChI is InChI=1S/C57H58BN3/c1-54(2,3)38-18-22-42(23-19-38)60-49-25-21-40(56(7,8)9)33-45(49)58-46-34-41(57(10,11)12)32-44-43-31-39(55(4,5)6)20-24-48(43)61(53(44)46)51-30-37(29-50(60)52(51)58)36-26-27-59-47(28-36)35-16-14-13-15-17-35/h13-34H,1-12H3. The summed E-state index contributed by atoms with van der Waals surface area (Å²) in [6.07, 6.45) is 1.97. The molecule has 0 amide bonds. The van der Waals surface area contributed by atoms with E-state index in [9.17, 15) is 0 Å². The first-order valence-corrected chi connectivity index (χ1v) is 22.2. The predicted molar refractivity (Wildman–Crippen MR) is 264 cm³/mol. The highest BCUT2D eigenvalue weighted by molar-refractivity contribution is 7.00. The summed E-state index contributed by atoms with van der Waals surface area (Å²) < 4.78 is 2.62. The Hall–Kier alpha value is -5.87. The van der Waals surface area contributed by atoms with Crippen molar-refractivity contribution < 1.29 is 0 Å². The highest BCUT2D eigenvalue weighted by Gasteiger charge is 2.43. The lowest BCUT2D eigenvalue weighted by Crippen LogP contribution is -2.60. The molecule has 10 rings (SSSR count). The third kappa shape index (κ3) is 6.36. The van der Waals surface area contributed by atoms with Crippen molar-refractivity contribution in [3.63, 3.8) is 0 Å². The Morgan fingerprint density at radius 3 is 1.70 bits per heavy atom. The highest BCUT2D eigenvalue weighted by Crippen LogP contribution is 2.46. The Morgan fingerprint density at radius 2 is 1.03 bits per heavy atom. The fraction of sp³-hybridized carbons (Fsp3) is 0.281. The van der Waals surface area contributed by atoms with Gasteiger partial charge in [-0.2, -0.15) is 0 Å². The molecule has 0 saturated heterocycles. The molecule has 8 aromatic rings. The number of hydrogen-bond donors (Lipinski definition) is 0. The average Bonchev–Trinajstić information content (AvgIpc) is 3.55. The van der Waals surface area contributed by atoms with E-state index in [0.717, 1.165) is 16.8 Å². The molecule has 4 heteroatoms. The van der Waals surface area contributed by atoms with E-state index in [1.165, 1.54) is 88.8 Å². The van der Waals surface area contributed by atoms with Gasteiger partial charge in [-0.15, -0.1) is 0 Å². The molecular weight excluding hydrogens is 737 g/mol. The minimum Gasteiger partial charge on any atom is -0.311 e. The van der Waals surface area contributed by atoms with Gasteiger partial charge in [0.1, 0.15) is 0 Å². The van der Waals surface area contributed by atoms with Gasteiger partial charge in [-0.05, 0) is 132 Å². The second-order valence-electron chi connectivity index (χ2n) is 21.8. The van der Waals surface area contributed by atoms with Crippen LogP contribution in [0.5, 0.6) is 0 Å². The maximum Gasteiger partial charge on any atom is 0.252 e. The zero-order valence-corrected chi connectivity index (χ0v) is 38.1. The van der Waals surface area contributed by atoms with E-state index in [2.05, 4.69) is 220 Å². The van der Waals surface area contributed by atoms with Gasteiger partial charge in [0, 0.05) is 50.8 Å². The smallest absolute Gasteiger partial charge is 0.252 e. The van der Waals surface area contributed by atoms with E-state index in [4.69, 9.17) is 4.98 Å². The van der Waals surface area contributed by atoms with E-state index < -0.39 is 0 Å². The first-order chi connectivity index (χ1) is 28.8. The molecule has 61 heavy (non-hydrogen) atoms. The van der Waals surface area contributed by atoms with E-state index in [-0.39, 0.29) is 28.4 Å². The largest absolute Gasteiger partial charge is 0.311 e. The Bertz CT molecular complexity index is 3050. The van der Waals surface area contributed by atoms with Crippen molar-refractivity contribution in [3.05, 3.63) is 156 Å². The maximum atomic E-state index is 4.87. The number of nitrogens with zero attached hydrogens (tertiary/aromatic N) is 3. The number of anilines is 3. The van der Waals surface area contributed by atoms with Crippen molar-refractivity contribution in [1.29, 1.82) is 0 Å². The summed E-state index contributed by atoms with van der Waals surface area (Å²) in [6.45, 7) is 28.0. The maximum absolute atomic E-state index is 4.87. The van der Waals surface area contributed by atoms with Crippen molar-refractivity contribution in [3.8, 4) is 28.1 Å². The van der Waals surface area contributed by atoms with Crippen LogP contribution in [0.2, 0.25) is 0 Å². The summed E-state index contributed by atoms with van der Waals surface area (Å²) in [7, 11) is 0. The van der Waals surface area contributed by atoms with Crippen LogP contribution in [-0.4, -0.2) is 16.3 Å². The van der Waals surface area contributed by atoms with Crippen LogP contribution < -0.4 is 21.3 Å². The van der Waals surface area contributed by atoms with Crippen LogP contribution in [0.25, 0.3) is 49.9 Å². The van der Waals surface area contributed by atoms with E-state index in [1.807, 2.05) is 6.20 Å². The fourth-order valence-electron chi connectivity index (χ4n) is 9.83. The monoisotopic (exact) mass is 795 g/mol. The summed E-state index contributed by atoms with van der Waals surface area (Å²) >= 11 is 0. The number of pyridine rings is 1. The van der Waals surface area contributed by atoms with Gasteiger partial charge < -0.3 is 9.47 Å². The second kappa shape index (κ2) is 13.3. The normalized spacial score (nSPS) is 13.8. The first kappa shape index (κ1) is 39.3. The average molecular weight is 796 g/mol. The molecule has 0 aliphatic carbocycles. The van der Waals surface area contributed by atoms with Crippen LogP contribution in [0, 0.1) is 0 Å². The van der Waals surface area contributed by atoms with Crippen molar-refractivity contribution in [2.75, 3.05) is 4.90 Å². The molecule has 4 heterocycles. The van der Waals surface area contributed by atoms with Gasteiger partial charge >= 0.3 is 0 Å². The Kier molecular flexibility index (Phi) is 8.58. The third-order valence-corrected chi connectivity index (χ3v) is 13.4. The summed E-state index contributed by atoms with van der Waals surface area (Å²) in [5.41, 5.74) is 21.4. The van der Waals surface area contributed by atoms with Crippen LogP contribution in [0.15, 0.2) is 134 Å². The lowest BCUT2D eigenvalue weighted by molar-refractivity contribution is 0.590. The van der Waals surface area contributed by atoms with Crippen molar-refractivity contribution >= 4 is 62.0 Å². The molecule has 2 aromatic heterocycles. The molecule has 0 N–H and O–H groups in total. The fourth-order valence-corrected chi connectivity index (χ4v) is 9.83. The molecule has 6 aromatic carbocycles. The molecule has 2 aliphatic heterocycles. The number of aromatic nitrogens is 2. The van der Waals surface area contributed by atoms with Gasteiger partial charge in [0.15, 0.2) is 0 Å². The molecular formula is C57H58BN3. The molecule has 0 bridgehead atoms. The summed E-state index contributed by atoms with van der Waals surface area (Å²) in [4.78, 5) is 7.43. The van der Waals surface area contributed by atoms with E-state index in [1.54, 1.807) is 0 Å². The van der Waals surface area contributed by atoms with Gasteiger partial charge in [0.25, 0.3) is 6.71 Å². The number of rotatable bonds is 3. The predicted octanol–water partition coefficient (Wildman–Crippen LogP) is 13.3. The summed E-state index contributed by atoms with van der Waals surface area (Å²) in [5, 5.41) is 2.66. The SMILES string of the molecule is CC(C)(C)c1ccc(N2c3ccc(C(C)(C)C)cc3B3c4c2cc(-c2ccnc(-c5ccccc5)c2)cc4-n2c4ccc(C(C)(C)C)cc4c4cc(C(C)(C)C)cc3c42)cc1. The van der Waals surface area contributed by atoms with Gasteiger partial charge in [0.2, 0.25) is 0 Å². The summed E-state index contributed by atoms with van der Waals surface area (Å²) in [6, 6.07) is 48.9. The lowest BCUT2D eigenvalue weighted by atomic mass is 9.33. The summed E-state index contributed by atoms with van der Waals surface area (Å²) in [5.74, 6) is 0. The third-order valence-electron chi connectivity index (χ3n) is 13.4. The van der Waals surface area contributed by atoms with Crippen LogP contribution in [0.4, 0.5) is 17.1 Å². The Labute approximate surface area is 363 Å². The molecule has 0 atom stereocenters. The van der Waals surface area contributed by atoms with Crippen LogP contribution >= 0.6 is 0 Å².